The number of aromatic nitrogens is 1. The molecule has 0 saturated carbocycles. The Morgan fingerprint density at radius 2 is 1.64 bits per heavy atom. The minimum Gasteiger partial charge on any atom is -0.256 e. The SMILES string of the molecule is CC(C)C[C@H](N[S@](=O)C(C)(C)C)c1ccc(-c2ccc(C(F)(F)F)cn2)cc1. The van der Waals surface area contributed by atoms with Crippen molar-refractivity contribution >= 4 is 11.0 Å². The summed E-state index contributed by atoms with van der Waals surface area (Å²) in [4.78, 5) is 3.93. The average Bonchev–Trinajstić information content (AvgIpc) is 2.59. The first-order valence-electron chi connectivity index (χ1n) is 9.19. The summed E-state index contributed by atoms with van der Waals surface area (Å²) in [5.41, 5.74) is 1.43. The molecule has 0 fully saturated rings. The lowest BCUT2D eigenvalue weighted by molar-refractivity contribution is -0.137. The van der Waals surface area contributed by atoms with Crippen molar-refractivity contribution in [1.82, 2.24) is 9.71 Å². The summed E-state index contributed by atoms with van der Waals surface area (Å²) in [6.45, 7) is 9.97. The average molecular weight is 413 g/mol. The van der Waals surface area contributed by atoms with Crippen LogP contribution in [0.4, 0.5) is 13.2 Å². The zero-order valence-corrected chi connectivity index (χ0v) is 17.6. The van der Waals surface area contributed by atoms with Gasteiger partial charge in [0, 0.05) is 17.8 Å². The predicted molar refractivity (Wildman–Crippen MR) is 108 cm³/mol. The molecular weight excluding hydrogens is 385 g/mol. The first-order valence-corrected chi connectivity index (χ1v) is 10.3. The van der Waals surface area contributed by atoms with E-state index in [0.717, 1.165) is 29.8 Å². The van der Waals surface area contributed by atoms with Crippen molar-refractivity contribution in [2.24, 2.45) is 5.92 Å². The molecule has 1 heterocycles. The number of halogens is 3. The van der Waals surface area contributed by atoms with Gasteiger partial charge >= 0.3 is 6.18 Å². The maximum Gasteiger partial charge on any atom is 0.417 e. The molecule has 7 heteroatoms. The highest BCUT2D eigenvalue weighted by Gasteiger charge is 2.30. The molecule has 0 unspecified atom stereocenters. The second kappa shape index (κ2) is 8.74. The lowest BCUT2D eigenvalue weighted by Crippen LogP contribution is -2.36. The third kappa shape index (κ3) is 6.14. The Morgan fingerprint density at radius 1 is 1.04 bits per heavy atom. The summed E-state index contributed by atoms with van der Waals surface area (Å²) in [7, 11) is -1.21. The van der Waals surface area contributed by atoms with Gasteiger partial charge in [0.25, 0.3) is 0 Å². The number of rotatable bonds is 6. The van der Waals surface area contributed by atoms with Gasteiger partial charge in [-0.1, -0.05) is 38.1 Å². The van der Waals surface area contributed by atoms with Gasteiger partial charge < -0.3 is 0 Å². The Labute approximate surface area is 167 Å². The molecule has 2 atom stereocenters. The van der Waals surface area contributed by atoms with Crippen molar-refractivity contribution in [2.75, 3.05) is 0 Å². The maximum atomic E-state index is 12.7. The lowest BCUT2D eigenvalue weighted by Gasteiger charge is -2.26. The van der Waals surface area contributed by atoms with E-state index in [4.69, 9.17) is 0 Å². The molecule has 2 rings (SSSR count). The minimum atomic E-state index is -4.40. The molecule has 1 N–H and O–H groups in total. The second-order valence-corrected chi connectivity index (χ2v) is 10.2. The summed E-state index contributed by atoms with van der Waals surface area (Å²) >= 11 is 0. The number of nitrogens with zero attached hydrogens (tertiary/aromatic N) is 1. The molecule has 0 bridgehead atoms. The van der Waals surface area contributed by atoms with Crippen LogP contribution in [0.5, 0.6) is 0 Å². The quantitative estimate of drug-likeness (QED) is 0.641. The van der Waals surface area contributed by atoms with E-state index in [1.807, 2.05) is 45.0 Å². The second-order valence-electron chi connectivity index (χ2n) is 8.23. The van der Waals surface area contributed by atoms with Gasteiger partial charge in [0.05, 0.1) is 27.0 Å². The molecule has 0 saturated heterocycles. The van der Waals surface area contributed by atoms with Crippen LogP contribution in [0.1, 0.15) is 58.2 Å². The fourth-order valence-electron chi connectivity index (χ4n) is 2.65. The Kier molecular flexibility index (Phi) is 7.04. The van der Waals surface area contributed by atoms with Crippen molar-refractivity contribution in [3.63, 3.8) is 0 Å². The first kappa shape index (κ1) is 22.6. The summed E-state index contributed by atoms with van der Waals surface area (Å²) < 4.78 is 53.4. The number of alkyl halides is 3. The molecule has 1 aromatic carbocycles. The zero-order valence-electron chi connectivity index (χ0n) is 16.8. The van der Waals surface area contributed by atoms with Crippen LogP contribution < -0.4 is 4.72 Å². The van der Waals surface area contributed by atoms with Crippen LogP contribution in [0.2, 0.25) is 0 Å². The largest absolute Gasteiger partial charge is 0.417 e. The molecule has 0 amide bonds. The van der Waals surface area contributed by atoms with E-state index in [1.54, 1.807) is 0 Å². The normalized spacial score (nSPS) is 14.9. The molecule has 28 heavy (non-hydrogen) atoms. The van der Waals surface area contributed by atoms with Gasteiger partial charge in [0.1, 0.15) is 0 Å². The van der Waals surface area contributed by atoms with Crippen molar-refractivity contribution in [1.29, 1.82) is 0 Å². The van der Waals surface area contributed by atoms with Gasteiger partial charge in [0.2, 0.25) is 0 Å². The summed E-state index contributed by atoms with van der Waals surface area (Å²) in [6, 6.07) is 9.82. The predicted octanol–water partition coefficient (Wildman–Crippen LogP) is 5.91. The van der Waals surface area contributed by atoms with Gasteiger partial charge in [-0.15, -0.1) is 0 Å². The van der Waals surface area contributed by atoms with E-state index in [0.29, 0.717) is 11.6 Å². The molecule has 2 aromatic rings. The van der Waals surface area contributed by atoms with E-state index < -0.39 is 22.7 Å². The smallest absolute Gasteiger partial charge is 0.256 e. The molecule has 154 valence electrons. The van der Waals surface area contributed by atoms with E-state index in [1.165, 1.54) is 6.07 Å². The summed E-state index contributed by atoms with van der Waals surface area (Å²) in [5.74, 6) is 0.408. The Morgan fingerprint density at radius 3 is 2.07 bits per heavy atom. The van der Waals surface area contributed by atoms with Crippen LogP contribution in [-0.4, -0.2) is 13.9 Å². The first-order chi connectivity index (χ1) is 12.9. The number of nitrogens with one attached hydrogen (secondary N) is 1. The van der Waals surface area contributed by atoms with E-state index in [-0.39, 0.29) is 10.8 Å². The maximum absolute atomic E-state index is 12.7. The highest BCUT2D eigenvalue weighted by Crippen LogP contribution is 2.30. The fourth-order valence-corrected chi connectivity index (χ4v) is 3.49. The van der Waals surface area contributed by atoms with Crippen LogP contribution in [-0.2, 0) is 17.2 Å². The van der Waals surface area contributed by atoms with Crippen molar-refractivity contribution < 1.29 is 17.4 Å². The molecule has 0 aliphatic rings. The monoisotopic (exact) mass is 412 g/mol. The Bertz CT molecular complexity index is 794. The van der Waals surface area contributed by atoms with Gasteiger partial charge in [-0.3, -0.25) is 4.98 Å². The van der Waals surface area contributed by atoms with Gasteiger partial charge in [0.15, 0.2) is 0 Å². The molecule has 1 aromatic heterocycles. The third-order valence-corrected chi connectivity index (χ3v) is 5.82. The Hall–Kier alpha value is -1.73. The van der Waals surface area contributed by atoms with Crippen LogP contribution in [0.25, 0.3) is 11.3 Å². The minimum absolute atomic E-state index is 0.0744. The fraction of sp³-hybridized carbons (Fsp3) is 0.476. The lowest BCUT2D eigenvalue weighted by atomic mass is 9.96. The third-order valence-electron chi connectivity index (χ3n) is 4.21. The molecule has 0 spiro atoms. The van der Waals surface area contributed by atoms with E-state index in [9.17, 15) is 17.4 Å². The number of hydrogen-bond acceptors (Lipinski definition) is 2. The number of benzene rings is 1. The van der Waals surface area contributed by atoms with Crippen LogP contribution in [0, 0.1) is 5.92 Å². The van der Waals surface area contributed by atoms with Crippen molar-refractivity contribution in [3.05, 3.63) is 53.7 Å². The van der Waals surface area contributed by atoms with Gasteiger partial charge in [-0.25, -0.2) is 8.93 Å². The zero-order chi connectivity index (χ0) is 21.1. The van der Waals surface area contributed by atoms with Gasteiger partial charge in [-0.05, 0) is 50.8 Å². The molecule has 3 nitrogen and oxygen atoms in total. The molecular formula is C21H27F3N2OS. The summed E-state index contributed by atoms with van der Waals surface area (Å²) in [5, 5.41) is 0. The van der Waals surface area contributed by atoms with E-state index >= 15 is 0 Å². The highest BCUT2D eigenvalue weighted by atomic mass is 32.2. The topological polar surface area (TPSA) is 42.0 Å². The van der Waals surface area contributed by atoms with Crippen molar-refractivity contribution in [2.45, 2.75) is 58.0 Å². The highest BCUT2D eigenvalue weighted by molar-refractivity contribution is 7.84. The van der Waals surface area contributed by atoms with Crippen LogP contribution in [0.3, 0.4) is 0 Å². The Balaban J connectivity index is 2.23. The standard InChI is InChI=1S/C21H27F3N2OS/c1-14(2)12-19(26-28(27)20(3,4)5)16-8-6-15(7-9-16)18-11-10-17(13-25-18)21(22,23)24/h6-11,13-14,19,26H,12H2,1-5H3/t19-,28+/m0/s1. The molecule has 0 radical (unpaired) electrons. The van der Waals surface area contributed by atoms with E-state index in [2.05, 4.69) is 23.6 Å². The van der Waals surface area contributed by atoms with Crippen LogP contribution >= 0.6 is 0 Å². The molecule has 0 aliphatic heterocycles. The van der Waals surface area contributed by atoms with Crippen LogP contribution in [0.15, 0.2) is 42.6 Å². The number of hydrogen-bond donors (Lipinski definition) is 1. The van der Waals surface area contributed by atoms with Gasteiger partial charge in [-0.2, -0.15) is 13.2 Å². The molecule has 0 aliphatic carbocycles. The summed E-state index contributed by atoms with van der Waals surface area (Å²) in [6.07, 6.45) is -2.73. The number of pyridine rings is 1. The van der Waals surface area contributed by atoms with Crippen molar-refractivity contribution in [3.8, 4) is 11.3 Å².